The van der Waals surface area contributed by atoms with E-state index in [4.69, 9.17) is 0 Å². The normalized spacial score (nSPS) is 13.4. The van der Waals surface area contributed by atoms with Crippen LogP contribution in [0.5, 0.6) is 0 Å². The number of nitrogens with zero attached hydrogens (tertiary/aromatic N) is 1. The van der Waals surface area contributed by atoms with Gasteiger partial charge in [0.1, 0.15) is 0 Å². The van der Waals surface area contributed by atoms with Gasteiger partial charge in [0.25, 0.3) is 17.6 Å². The van der Waals surface area contributed by atoms with Gasteiger partial charge in [-0.15, -0.1) is 0 Å². The monoisotopic (exact) mass is 218 g/mol. The lowest BCUT2D eigenvalue weighted by molar-refractivity contribution is -0.112. The van der Waals surface area contributed by atoms with Gasteiger partial charge in [0.15, 0.2) is 0 Å². The molecular weight excluding hydrogens is 208 g/mol. The number of benzene rings is 1. The van der Waals surface area contributed by atoms with Crippen LogP contribution in [0.4, 0.5) is 5.69 Å². The summed E-state index contributed by atoms with van der Waals surface area (Å²) in [6, 6.07) is 4.70. The van der Waals surface area contributed by atoms with Gasteiger partial charge in [0.2, 0.25) is 0 Å². The van der Waals surface area contributed by atoms with E-state index in [0.29, 0.717) is 11.3 Å². The molecule has 0 saturated heterocycles. The Morgan fingerprint density at radius 3 is 2.56 bits per heavy atom. The van der Waals surface area contributed by atoms with Crippen LogP contribution in [0, 0.1) is 0 Å². The maximum Gasteiger partial charge on any atom is 0.296 e. The van der Waals surface area contributed by atoms with Crippen LogP contribution in [-0.4, -0.2) is 36.6 Å². The van der Waals surface area contributed by atoms with E-state index < -0.39 is 11.7 Å². The largest absolute Gasteiger partial charge is 0.345 e. The molecule has 0 fully saturated rings. The number of nitrogens with one attached hydrogen (secondary N) is 1. The van der Waals surface area contributed by atoms with Gasteiger partial charge in [-0.25, -0.2) is 0 Å². The molecule has 16 heavy (non-hydrogen) atoms. The summed E-state index contributed by atoms with van der Waals surface area (Å²) in [7, 11) is 3.22. The van der Waals surface area contributed by atoms with Crippen molar-refractivity contribution in [2.75, 3.05) is 19.4 Å². The molecule has 1 heterocycles. The zero-order valence-electron chi connectivity index (χ0n) is 8.90. The molecule has 2 rings (SSSR count). The number of para-hydroxylation sites is 1. The second-order valence-corrected chi connectivity index (χ2v) is 3.71. The first-order valence-electron chi connectivity index (χ1n) is 4.72. The third-order valence-corrected chi connectivity index (χ3v) is 2.39. The van der Waals surface area contributed by atoms with Crippen molar-refractivity contribution in [2.45, 2.75) is 0 Å². The van der Waals surface area contributed by atoms with Crippen molar-refractivity contribution >= 4 is 23.3 Å². The zero-order valence-corrected chi connectivity index (χ0v) is 8.90. The molecule has 0 atom stereocenters. The van der Waals surface area contributed by atoms with E-state index in [1.807, 2.05) is 0 Å². The standard InChI is InChI=1S/C11H10N2O3/c1-13(2)11(16)7-5-3-4-6-8(7)12-10(15)9(6)14/h3-5H,1-2H3,(H,12,14,15). The molecular formula is C11H10N2O3. The Labute approximate surface area is 92.0 Å². The summed E-state index contributed by atoms with van der Waals surface area (Å²) < 4.78 is 0. The molecule has 0 aromatic heterocycles. The Kier molecular flexibility index (Phi) is 2.23. The fourth-order valence-electron chi connectivity index (χ4n) is 1.59. The second kappa shape index (κ2) is 3.44. The van der Waals surface area contributed by atoms with Gasteiger partial charge in [-0.05, 0) is 12.1 Å². The van der Waals surface area contributed by atoms with Gasteiger partial charge >= 0.3 is 0 Å². The molecule has 0 bridgehead atoms. The van der Waals surface area contributed by atoms with Crippen molar-refractivity contribution < 1.29 is 14.4 Å². The third-order valence-electron chi connectivity index (χ3n) is 2.39. The molecule has 1 aromatic carbocycles. The molecule has 1 aliphatic heterocycles. The maximum absolute atomic E-state index is 11.8. The van der Waals surface area contributed by atoms with Crippen LogP contribution < -0.4 is 5.32 Å². The van der Waals surface area contributed by atoms with Crippen molar-refractivity contribution in [3.05, 3.63) is 29.3 Å². The smallest absolute Gasteiger partial charge is 0.296 e. The number of hydrogen-bond donors (Lipinski definition) is 1. The van der Waals surface area contributed by atoms with Crippen molar-refractivity contribution in [3.8, 4) is 0 Å². The molecule has 0 saturated carbocycles. The number of ketones is 1. The lowest BCUT2D eigenvalue weighted by Crippen LogP contribution is -2.22. The van der Waals surface area contributed by atoms with Crippen LogP contribution in [0.1, 0.15) is 20.7 Å². The number of fused-ring (bicyclic) bond motifs is 1. The number of anilines is 1. The maximum atomic E-state index is 11.8. The minimum absolute atomic E-state index is 0.244. The minimum Gasteiger partial charge on any atom is -0.345 e. The predicted molar refractivity (Wildman–Crippen MR) is 57.4 cm³/mol. The van der Waals surface area contributed by atoms with E-state index >= 15 is 0 Å². The highest BCUT2D eigenvalue weighted by molar-refractivity contribution is 6.52. The van der Waals surface area contributed by atoms with Crippen LogP contribution in [0.25, 0.3) is 0 Å². The number of carbonyl (C=O) groups excluding carboxylic acids is 3. The molecule has 0 spiro atoms. The molecule has 0 radical (unpaired) electrons. The van der Waals surface area contributed by atoms with Crippen LogP contribution in [0.3, 0.4) is 0 Å². The topological polar surface area (TPSA) is 66.5 Å². The molecule has 5 nitrogen and oxygen atoms in total. The van der Waals surface area contributed by atoms with Gasteiger partial charge in [-0.1, -0.05) is 6.07 Å². The highest BCUT2D eigenvalue weighted by Crippen LogP contribution is 2.27. The molecule has 0 aliphatic carbocycles. The highest BCUT2D eigenvalue weighted by Gasteiger charge is 2.31. The fourth-order valence-corrected chi connectivity index (χ4v) is 1.59. The Morgan fingerprint density at radius 1 is 1.25 bits per heavy atom. The molecule has 0 unspecified atom stereocenters. The van der Waals surface area contributed by atoms with Gasteiger partial charge in [0.05, 0.1) is 16.8 Å². The van der Waals surface area contributed by atoms with E-state index in [2.05, 4.69) is 5.32 Å². The summed E-state index contributed by atoms with van der Waals surface area (Å²) in [4.78, 5) is 35.8. The van der Waals surface area contributed by atoms with E-state index in [1.54, 1.807) is 26.2 Å². The quantitative estimate of drug-likeness (QED) is 0.699. The lowest BCUT2D eigenvalue weighted by Gasteiger charge is -2.12. The van der Waals surface area contributed by atoms with Crippen LogP contribution in [0.2, 0.25) is 0 Å². The average Bonchev–Trinajstić information content (AvgIpc) is 2.54. The van der Waals surface area contributed by atoms with E-state index in [1.165, 1.54) is 11.0 Å². The van der Waals surface area contributed by atoms with Crippen molar-refractivity contribution in [1.29, 1.82) is 0 Å². The van der Waals surface area contributed by atoms with Gasteiger partial charge in [-0.3, -0.25) is 14.4 Å². The van der Waals surface area contributed by atoms with E-state index in [9.17, 15) is 14.4 Å². The molecule has 5 heteroatoms. The minimum atomic E-state index is -0.686. The number of rotatable bonds is 1. The predicted octanol–water partition coefficient (Wildman–Crippen LogP) is 0.523. The van der Waals surface area contributed by atoms with Crippen molar-refractivity contribution in [3.63, 3.8) is 0 Å². The first-order chi connectivity index (χ1) is 7.52. The van der Waals surface area contributed by atoms with Crippen LogP contribution in [0.15, 0.2) is 18.2 Å². The van der Waals surface area contributed by atoms with Gasteiger partial charge in [0, 0.05) is 14.1 Å². The number of carbonyl (C=O) groups is 3. The molecule has 1 N–H and O–H groups in total. The first kappa shape index (κ1) is 10.4. The molecule has 82 valence electrons. The van der Waals surface area contributed by atoms with Crippen molar-refractivity contribution in [1.82, 2.24) is 4.90 Å². The fraction of sp³-hybridized carbons (Fsp3) is 0.182. The summed E-state index contributed by atoms with van der Waals surface area (Å²) in [5, 5.41) is 2.42. The zero-order chi connectivity index (χ0) is 11.9. The summed E-state index contributed by atoms with van der Waals surface area (Å²) in [6.07, 6.45) is 0. The number of Topliss-reactive ketones (excluding diaryl/α,β-unsaturated/α-hetero) is 1. The van der Waals surface area contributed by atoms with Crippen LogP contribution >= 0.6 is 0 Å². The Bertz CT molecular complexity index is 506. The van der Waals surface area contributed by atoms with Gasteiger partial charge < -0.3 is 10.2 Å². The van der Waals surface area contributed by atoms with Gasteiger partial charge in [-0.2, -0.15) is 0 Å². The van der Waals surface area contributed by atoms with E-state index in [0.717, 1.165) is 0 Å². The molecule has 2 amide bonds. The Hall–Kier alpha value is -2.17. The Balaban J connectivity index is 2.56. The lowest BCUT2D eigenvalue weighted by atomic mass is 10.1. The second-order valence-electron chi connectivity index (χ2n) is 3.71. The summed E-state index contributed by atoms with van der Waals surface area (Å²) in [5.74, 6) is -1.52. The van der Waals surface area contributed by atoms with E-state index in [-0.39, 0.29) is 11.5 Å². The summed E-state index contributed by atoms with van der Waals surface area (Å²) >= 11 is 0. The Morgan fingerprint density at radius 2 is 1.94 bits per heavy atom. The third kappa shape index (κ3) is 1.37. The summed E-state index contributed by atoms with van der Waals surface area (Å²) in [6.45, 7) is 0. The number of amides is 2. The highest BCUT2D eigenvalue weighted by atomic mass is 16.2. The average molecular weight is 218 g/mol. The van der Waals surface area contributed by atoms with Crippen molar-refractivity contribution in [2.24, 2.45) is 0 Å². The SMILES string of the molecule is CN(C)C(=O)c1cccc2c1NC(=O)C2=O. The molecule has 1 aliphatic rings. The first-order valence-corrected chi connectivity index (χ1v) is 4.72. The number of hydrogen-bond acceptors (Lipinski definition) is 3. The van der Waals surface area contributed by atoms with Crippen LogP contribution in [-0.2, 0) is 4.79 Å². The summed E-state index contributed by atoms with van der Waals surface area (Å²) in [5.41, 5.74) is 0.913. The molecule has 1 aromatic rings.